The van der Waals surface area contributed by atoms with Crippen molar-refractivity contribution in [2.24, 2.45) is 0 Å². The second-order valence-electron chi connectivity index (χ2n) is 5.31. The van der Waals surface area contributed by atoms with Gasteiger partial charge in [0.15, 0.2) is 0 Å². The summed E-state index contributed by atoms with van der Waals surface area (Å²) < 4.78 is 27.0. The third-order valence-corrected chi connectivity index (χ3v) is 6.11. The van der Waals surface area contributed by atoms with Gasteiger partial charge in [-0.25, -0.2) is 8.42 Å². The molecule has 7 heteroatoms. The third-order valence-electron chi connectivity index (χ3n) is 3.91. The van der Waals surface area contributed by atoms with E-state index in [9.17, 15) is 8.42 Å². The van der Waals surface area contributed by atoms with Crippen LogP contribution in [0, 0.1) is 6.92 Å². The van der Waals surface area contributed by atoms with E-state index in [1.54, 1.807) is 13.0 Å². The lowest BCUT2D eigenvalue weighted by Crippen LogP contribution is -2.51. The summed E-state index contributed by atoms with van der Waals surface area (Å²) in [5, 5.41) is 0.342. The standard InChI is InChI=1S/C13H20ClN3O2S/c1-9-8-17(5-4-16(9)3)20(18,19)13-7-11(14)6-12(15)10(13)2/h6-7,9H,4-5,8,15H2,1-3H3. The Morgan fingerprint density at radius 2 is 2.00 bits per heavy atom. The molecule has 20 heavy (non-hydrogen) atoms. The molecule has 0 bridgehead atoms. The number of nitrogens with zero attached hydrogens (tertiary/aromatic N) is 2. The average Bonchev–Trinajstić information content (AvgIpc) is 2.36. The van der Waals surface area contributed by atoms with Crippen molar-refractivity contribution in [3.05, 3.63) is 22.7 Å². The van der Waals surface area contributed by atoms with Gasteiger partial charge in [-0.05, 0) is 38.6 Å². The van der Waals surface area contributed by atoms with Crippen molar-refractivity contribution in [2.45, 2.75) is 24.8 Å². The van der Waals surface area contributed by atoms with E-state index in [0.717, 1.165) is 6.54 Å². The van der Waals surface area contributed by atoms with Gasteiger partial charge in [0.2, 0.25) is 10.0 Å². The fourth-order valence-electron chi connectivity index (χ4n) is 2.31. The zero-order valence-electron chi connectivity index (χ0n) is 11.9. The SMILES string of the molecule is Cc1c(N)cc(Cl)cc1S(=O)(=O)N1CCN(C)C(C)C1. The highest BCUT2D eigenvalue weighted by Gasteiger charge is 2.32. The Kier molecular flexibility index (Phi) is 4.30. The van der Waals surface area contributed by atoms with Crippen LogP contribution in [0.4, 0.5) is 5.69 Å². The summed E-state index contributed by atoms with van der Waals surface area (Å²) in [6, 6.07) is 3.24. The molecular weight excluding hydrogens is 298 g/mol. The summed E-state index contributed by atoms with van der Waals surface area (Å²) in [6.07, 6.45) is 0. The minimum atomic E-state index is -3.55. The van der Waals surface area contributed by atoms with Crippen LogP contribution in [0.2, 0.25) is 5.02 Å². The quantitative estimate of drug-likeness (QED) is 0.841. The molecule has 2 N–H and O–H groups in total. The molecule has 2 rings (SSSR count). The van der Waals surface area contributed by atoms with Gasteiger partial charge in [-0.2, -0.15) is 4.31 Å². The summed E-state index contributed by atoms with van der Waals surface area (Å²) in [7, 11) is -1.55. The van der Waals surface area contributed by atoms with Gasteiger partial charge in [0, 0.05) is 36.4 Å². The van der Waals surface area contributed by atoms with Gasteiger partial charge in [-0.1, -0.05) is 11.6 Å². The number of halogens is 1. The maximum Gasteiger partial charge on any atom is 0.243 e. The molecule has 1 aliphatic rings. The van der Waals surface area contributed by atoms with E-state index < -0.39 is 10.0 Å². The lowest BCUT2D eigenvalue weighted by molar-refractivity contribution is 0.159. The highest BCUT2D eigenvalue weighted by atomic mass is 35.5. The Labute approximate surface area is 125 Å². The molecule has 1 atom stereocenters. The van der Waals surface area contributed by atoms with Gasteiger partial charge in [0.05, 0.1) is 4.90 Å². The number of hydrogen-bond acceptors (Lipinski definition) is 4. The predicted octanol–water partition coefficient (Wildman–Crippen LogP) is 1.56. The molecule has 1 heterocycles. The van der Waals surface area contributed by atoms with Gasteiger partial charge in [0.25, 0.3) is 0 Å². The van der Waals surface area contributed by atoms with E-state index in [1.807, 2.05) is 14.0 Å². The number of rotatable bonds is 2. The van der Waals surface area contributed by atoms with Gasteiger partial charge in [0.1, 0.15) is 0 Å². The molecule has 1 aromatic rings. The van der Waals surface area contributed by atoms with Crippen LogP contribution in [0.25, 0.3) is 0 Å². The molecule has 112 valence electrons. The lowest BCUT2D eigenvalue weighted by Gasteiger charge is -2.37. The van der Waals surface area contributed by atoms with Crippen molar-refractivity contribution in [1.29, 1.82) is 0 Å². The summed E-state index contributed by atoms with van der Waals surface area (Å²) >= 11 is 5.95. The van der Waals surface area contributed by atoms with E-state index in [1.165, 1.54) is 10.4 Å². The molecule has 0 aromatic heterocycles. The van der Waals surface area contributed by atoms with Crippen LogP contribution in [0.15, 0.2) is 17.0 Å². The third kappa shape index (κ3) is 2.79. The molecule has 1 aromatic carbocycles. The highest BCUT2D eigenvalue weighted by Crippen LogP contribution is 2.29. The molecule has 1 saturated heterocycles. The maximum atomic E-state index is 12.8. The predicted molar refractivity (Wildman–Crippen MR) is 81.5 cm³/mol. The summed E-state index contributed by atoms with van der Waals surface area (Å²) in [5.74, 6) is 0. The van der Waals surface area contributed by atoms with Crippen molar-refractivity contribution < 1.29 is 8.42 Å². The van der Waals surface area contributed by atoms with E-state index in [-0.39, 0.29) is 10.9 Å². The van der Waals surface area contributed by atoms with Crippen LogP contribution in [-0.2, 0) is 10.0 Å². The molecule has 1 unspecified atom stereocenters. The number of sulfonamides is 1. The molecule has 0 amide bonds. The first-order chi connectivity index (χ1) is 9.23. The normalized spacial score (nSPS) is 22.1. The van der Waals surface area contributed by atoms with E-state index in [0.29, 0.717) is 29.4 Å². The summed E-state index contributed by atoms with van der Waals surface area (Å²) in [5.41, 5.74) is 6.78. The largest absolute Gasteiger partial charge is 0.398 e. The Balaban J connectivity index is 2.41. The second-order valence-corrected chi connectivity index (χ2v) is 7.65. The van der Waals surface area contributed by atoms with E-state index in [2.05, 4.69) is 4.90 Å². The van der Waals surface area contributed by atoms with Crippen LogP contribution < -0.4 is 5.73 Å². The Morgan fingerprint density at radius 1 is 1.35 bits per heavy atom. The molecule has 0 spiro atoms. The monoisotopic (exact) mass is 317 g/mol. The fourth-order valence-corrected chi connectivity index (χ4v) is 4.40. The Bertz CT molecular complexity index is 618. The van der Waals surface area contributed by atoms with Crippen LogP contribution in [0.1, 0.15) is 12.5 Å². The first-order valence-electron chi connectivity index (χ1n) is 6.49. The van der Waals surface area contributed by atoms with Gasteiger partial charge < -0.3 is 10.6 Å². The van der Waals surface area contributed by atoms with Crippen LogP contribution in [-0.4, -0.2) is 50.3 Å². The maximum absolute atomic E-state index is 12.8. The van der Waals surface area contributed by atoms with Crippen LogP contribution in [0.5, 0.6) is 0 Å². The highest BCUT2D eigenvalue weighted by molar-refractivity contribution is 7.89. The smallest absolute Gasteiger partial charge is 0.243 e. The first kappa shape index (κ1) is 15.6. The van der Waals surface area contributed by atoms with Crippen LogP contribution >= 0.6 is 11.6 Å². The van der Waals surface area contributed by atoms with Crippen molar-refractivity contribution >= 4 is 27.3 Å². The van der Waals surface area contributed by atoms with E-state index >= 15 is 0 Å². The zero-order valence-corrected chi connectivity index (χ0v) is 13.5. The minimum Gasteiger partial charge on any atom is -0.398 e. The minimum absolute atomic E-state index is 0.190. The van der Waals surface area contributed by atoms with Crippen molar-refractivity contribution in [1.82, 2.24) is 9.21 Å². The topological polar surface area (TPSA) is 66.6 Å². The lowest BCUT2D eigenvalue weighted by atomic mass is 10.2. The Morgan fingerprint density at radius 3 is 2.60 bits per heavy atom. The number of piperazine rings is 1. The van der Waals surface area contributed by atoms with Gasteiger partial charge in [-0.3, -0.25) is 0 Å². The number of nitrogens with two attached hydrogens (primary N) is 1. The van der Waals surface area contributed by atoms with Gasteiger partial charge in [-0.15, -0.1) is 0 Å². The average molecular weight is 318 g/mol. The number of anilines is 1. The van der Waals surface area contributed by atoms with Gasteiger partial charge >= 0.3 is 0 Å². The fraction of sp³-hybridized carbons (Fsp3) is 0.538. The van der Waals surface area contributed by atoms with Crippen molar-refractivity contribution in [2.75, 3.05) is 32.4 Å². The molecule has 0 aliphatic carbocycles. The van der Waals surface area contributed by atoms with Crippen molar-refractivity contribution in [3.63, 3.8) is 0 Å². The number of likely N-dealkylation sites (N-methyl/N-ethyl adjacent to an activating group) is 1. The molecule has 1 fully saturated rings. The molecule has 1 aliphatic heterocycles. The zero-order chi connectivity index (χ0) is 15.1. The summed E-state index contributed by atoms with van der Waals surface area (Å²) in [4.78, 5) is 2.35. The Hall–Kier alpha value is -0.820. The molecule has 0 saturated carbocycles. The second kappa shape index (κ2) is 5.52. The molecule has 0 radical (unpaired) electrons. The van der Waals surface area contributed by atoms with Crippen molar-refractivity contribution in [3.8, 4) is 0 Å². The molecular formula is C13H20ClN3O2S. The number of hydrogen-bond donors (Lipinski definition) is 1. The number of benzene rings is 1. The summed E-state index contributed by atoms with van der Waals surface area (Å²) in [6.45, 7) is 5.40. The van der Waals surface area contributed by atoms with E-state index in [4.69, 9.17) is 17.3 Å². The van der Waals surface area contributed by atoms with Crippen LogP contribution in [0.3, 0.4) is 0 Å². The molecule has 5 nitrogen and oxygen atoms in total. The first-order valence-corrected chi connectivity index (χ1v) is 8.31. The number of nitrogen functional groups attached to an aromatic ring is 1.